The minimum absolute atomic E-state index is 0.206. The Morgan fingerprint density at radius 3 is 2.25 bits per heavy atom. The van der Waals surface area contributed by atoms with Gasteiger partial charge in [-0.25, -0.2) is 0 Å². The maximum absolute atomic E-state index is 9.88. The van der Waals surface area contributed by atoms with Crippen LogP contribution in [0.1, 0.15) is 11.1 Å². The molecule has 1 aliphatic rings. The second kappa shape index (κ2) is 6.23. The summed E-state index contributed by atoms with van der Waals surface area (Å²) in [6, 6.07) is 6.77. The molecule has 0 aromatic heterocycles. The molecule has 1 aliphatic heterocycles. The monoisotopic (exact) mass is 330 g/mol. The molecule has 0 unspecified atom stereocenters. The molecule has 0 atom stereocenters. The Balaban J connectivity index is 1.97. The van der Waals surface area contributed by atoms with E-state index in [2.05, 4.69) is 0 Å². The maximum atomic E-state index is 9.88. The summed E-state index contributed by atoms with van der Waals surface area (Å²) in [5.74, 6) is 2.07. The van der Waals surface area contributed by atoms with Gasteiger partial charge in [0.25, 0.3) is 0 Å². The first-order valence-corrected chi connectivity index (χ1v) is 7.29. The fraction of sp³-hybridized carbons (Fsp3) is 0.222. The van der Waals surface area contributed by atoms with E-state index in [9.17, 15) is 10.2 Å². The third-order valence-corrected chi connectivity index (χ3v) is 3.80. The van der Waals surface area contributed by atoms with E-state index in [4.69, 9.17) is 18.9 Å². The first kappa shape index (κ1) is 15.9. The van der Waals surface area contributed by atoms with Gasteiger partial charge in [0.1, 0.15) is 5.76 Å². The molecule has 0 spiro atoms. The highest BCUT2D eigenvalue weighted by atomic mass is 16.5. The summed E-state index contributed by atoms with van der Waals surface area (Å²) in [7, 11) is 4.65. The third-order valence-electron chi connectivity index (χ3n) is 3.80. The van der Waals surface area contributed by atoms with Gasteiger partial charge in [-0.2, -0.15) is 0 Å². The van der Waals surface area contributed by atoms with Gasteiger partial charge in [0.05, 0.1) is 21.3 Å². The molecule has 0 amide bonds. The Bertz CT molecular complexity index is 784. The van der Waals surface area contributed by atoms with Crippen molar-refractivity contribution >= 4 is 6.08 Å². The number of hydrogen-bond donors (Lipinski definition) is 2. The van der Waals surface area contributed by atoms with Crippen molar-refractivity contribution in [1.29, 1.82) is 0 Å². The van der Waals surface area contributed by atoms with E-state index >= 15 is 0 Å². The highest BCUT2D eigenvalue weighted by Gasteiger charge is 2.23. The van der Waals surface area contributed by atoms with Crippen LogP contribution in [-0.4, -0.2) is 31.5 Å². The van der Waals surface area contributed by atoms with Crippen molar-refractivity contribution in [2.75, 3.05) is 21.3 Å². The van der Waals surface area contributed by atoms with Crippen molar-refractivity contribution in [3.63, 3.8) is 0 Å². The molecule has 2 aromatic carbocycles. The van der Waals surface area contributed by atoms with Crippen LogP contribution in [0.15, 0.2) is 30.0 Å². The van der Waals surface area contributed by atoms with E-state index in [1.807, 2.05) is 6.08 Å². The third kappa shape index (κ3) is 2.67. The number of methoxy groups -OCH3 is 3. The molecule has 24 heavy (non-hydrogen) atoms. The van der Waals surface area contributed by atoms with Crippen LogP contribution in [0.3, 0.4) is 0 Å². The lowest BCUT2D eigenvalue weighted by atomic mass is 10.1. The standard InChI is InChI=1S/C18H18O6/c1-21-14-7-10(8-15(22-2)18(14)23-3)6-12-9-11-4-5-13(19)16(20)17(11)24-12/h4-8,19-20H,9H2,1-3H3. The van der Waals surface area contributed by atoms with Crippen molar-refractivity contribution in [2.24, 2.45) is 0 Å². The number of allylic oxidation sites excluding steroid dienone is 1. The molecule has 2 aromatic rings. The summed E-state index contributed by atoms with van der Waals surface area (Å²) in [5.41, 5.74) is 1.61. The second-order valence-electron chi connectivity index (χ2n) is 5.27. The number of aromatic hydroxyl groups is 2. The Morgan fingerprint density at radius 2 is 1.67 bits per heavy atom. The van der Waals surface area contributed by atoms with Crippen molar-refractivity contribution in [3.8, 4) is 34.5 Å². The number of phenolic OH excluding ortho intramolecular Hbond substituents is 2. The largest absolute Gasteiger partial charge is 0.504 e. The average Bonchev–Trinajstić information content (AvgIpc) is 3.00. The molecule has 0 saturated heterocycles. The predicted octanol–water partition coefficient (Wildman–Crippen LogP) is 3.10. The normalized spacial score (nSPS) is 14.2. The lowest BCUT2D eigenvalue weighted by Gasteiger charge is -2.13. The summed E-state index contributed by atoms with van der Waals surface area (Å²) in [6.07, 6.45) is 2.33. The molecule has 1 heterocycles. The number of fused-ring (bicyclic) bond motifs is 1. The van der Waals surface area contributed by atoms with Crippen LogP contribution >= 0.6 is 0 Å². The molecule has 6 heteroatoms. The van der Waals surface area contributed by atoms with Gasteiger partial charge in [0, 0.05) is 12.0 Å². The molecule has 0 fully saturated rings. The van der Waals surface area contributed by atoms with Crippen LogP contribution < -0.4 is 18.9 Å². The summed E-state index contributed by atoms with van der Waals surface area (Å²) in [4.78, 5) is 0. The van der Waals surface area contributed by atoms with E-state index in [0.29, 0.717) is 29.4 Å². The highest BCUT2D eigenvalue weighted by molar-refractivity contribution is 5.66. The summed E-state index contributed by atoms with van der Waals surface area (Å²) < 4.78 is 21.6. The van der Waals surface area contributed by atoms with E-state index < -0.39 is 0 Å². The van der Waals surface area contributed by atoms with Gasteiger partial charge < -0.3 is 29.2 Å². The number of benzene rings is 2. The molecule has 126 valence electrons. The quantitative estimate of drug-likeness (QED) is 0.839. The van der Waals surface area contributed by atoms with Gasteiger partial charge in [-0.05, 0) is 29.8 Å². The molecule has 6 nitrogen and oxygen atoms in total. The number of phenols is 2. The second-order valence-corrected chi connectivity index (χ2v) is 5.27. The van der Waals surface area contributed by atoms with Gasteiger partial charge in [-0.1, -0.05) is 6.07 Å². The summed E-state index contributed by atoms with van der Waals surface area (Å²) in [5, 5.41) is 19.4. The van der Waals surface area contributed by atoms with Crippen LogP contribution in [0.5, 0.6) is 34.5 Å². The van der Waals surface area contributed by atoms with Crippen LogP contribution in [-0.2, 0) is 6.42 Å². The molecular weight excluding hydrogens is 312 g/mol. The lowest BCUT2D eigenvalue weighted by molar-refractivity contribution is 0.324. The van der Waals surface area contributed by atoms with Gasteiger partial charge >= 0.3 is 0 Å². The van der Waals surface area contributed by atoms with Crippen molar-refractivity contribution < 1.29 is 29.2 Å². The van der Waals surface area contributed by atoms with Crippen LogP contribution in [0, 0.1) is 0 Å². The molecule has 2 N–H and O–H groups in total. The predicted molar refractivity (Wildman–Crippen MR) is 88.2 cm³/mol. The molecule has 3 rings (SSSR count). The minimum atomic E-state index is -0.249. The zero-order valence-electron chi connectivity index (χ0n) is 13.6. The van der Waals surface area contributed by atoms with E-state index in [1.54, 1.807) is 39.5 Å². The number of rotatable bonds is 4. The van der Waals surface area contributed by atoms with Gasteiger partial charge in [-0.3, -0.25) is 0 Å². The fourth-order valence-corrected chi connectivity index (χ4v) is 2.66. The summed E-state index contributed by atoms with van der Waals surface area (Å²) >= 11 is 0. The lowest BCUT2D eigenvalue weighted by Crippen LogP contribution is -1.96. The van der Waals surface area contributed by atoms with E-state index in [0.717, 1.165) is 11.1 Å². The molecule has 0 bridgehead atoms. The fourth-order valence-electron chi connectivity index (χ4n) is 2.66. The van der Waals surface area contributed by atoms with Crippen LogP contribution in [0.4, 0.5) is 0 Å². The van der Waals surface area contributed by atoms with Crippen LogP contribution in [0.25, 0.3) is 6.08 Å². The first-order chi connectivity index (χ1) is 11.6. The first-order valence-electron chi connectivity index (χ1n) is 7.29. The highest BCUT2D eigenvalue weighted by Crippen LogP contribution is 2.45. The topological polar surface area (TPSA) is 77.4 Å². The zero-order valence-corrected chi connectivity index (χ0v) is 13.6. The van der Waals surface area contributed by atoms with Gasteiger partial charge in [0.15, 0.2) is 23.0 Å². The Labute approximate surface area is 139 Å². The van der Waals surface area contributed by atoms with E-state index in [-0.39, 0.29) is 17.2 Å². The Morgan fingerprint density at radius 1 is 1.00 bits per heavy atom. The SMILES string of the molecule is COc1cc(C=C2Cc3ccc(O)c(O)c3O2)cc(OC)c1OC. The maximum Gasteiger partial charge on any atom is 0.203 e. The van der Waals surface area contributed by atoms with Crippen molar-refractivity contribution in [1.82, 2.24) is 0 Å². The summed E-state index contributed by atoms with van der Waals surface area (Å²) in [6.45, 7) is 0. The van der Waals surface area contributed by atoms with Gasteiger partial charge in [0.2, 0.25) is 11.5 Å². The Kier molecular flexibility index (Phi) is 4.12. The molecule has 0 radical (unpaired) electrons. The number of hydrogen-bond acceptors (Lipinski definition) is 6. The van der Waals surface area contributed by atoms with Crippen molar-refractivity contribution in [3.05, 3.63) is 41.2 Å². The number of ether oxygens (including phenoxy) is 4. The molecule has 0 aliphatic carbocycles. The average molecular weight is 330 g/mol. The zero-order chi connectivity index (χ0) is 17.3. The Hall–Kier alpha value is -3.02. The van der Waals surface area contributed by atoms with Gasteiger partial charge in [-0.15, -0.1) is 0 Å². The smallest absolute Gasteiger partial charge is 0.203 e. The molecule has 0 saturated carbocycles. The van der Waals surface area contributed by atoms with Crippen LogP contribution in [0.2, 0.25) is 0 Å². The molecular formula is C18H18O6. The van der Waals surface area contributed by atoms with E-state index in [1.165, 1.54) is 6.07 Å². The minimum Gasteiger partial charge on any atom is -0.504 e. The van der Waals surface area contributed by atoms with Crippen molar-refractivity contribution in [2.45, 2.75) is 6.42 Å².